The number of amides is 1. The van der Waals surface area contributed by atoms with E-state index in [1.54, 1.807) is 0 Å². The number of nitrogens with one attached hydrogen (secondary N) is 2. The lowest BCUT2D eigenvalue weighted by molar-refractivity contribution is -0.137. The molecule has 160 valence electrons. The van der Waals surface area contributed by atoms with Gasteiger partial charge in [0.2, 0.25) is 5.91 Å². The third kappa shape index (κ3) is 7.23. The Bertz CT molecular complexity index is 640. The summed E-state index contributed by atoms with van der Waals surface area (Å²) in [4.78, 5) is 22.7. The summed E-state index contributed by atoms with van der Waals surface area (Å²) in [5, 5.41) is 6.78. The van der Waals surface area contributed by atoms with E-state index in [4.69, 9.17) is 0 Å². The van der Waals surface area contributed by atoms with Crippen LogP contribution in [0.15, 0.2) is 40.2 Å². The summed E-state index contributed by atoms with van der Waals surface area (Å²) < 4.78 is 0. The van der Waals surface area contributed by atoms with Gasteiger partial charge in [-0.3, -0.25) is 14.7 Å². The number of aliphatic imine (C=N–C) groups is 1. The maximum Gasteiger partial charge on any atom is 0.225 e. The zero-order valence-corrected chi connectivity index (χ0v) is 18.4. The second-order valence-electron chi connectivity index (χ2n) is 7.74. The number of piperazine rings is 1. The van der Waals surface area contributed by atoms with Crippen molar-refractivity contribution in [2.75, 3.05) is 58.6 Å². The van der Waals surface area contributed by atoms with Crippen molar-refractivity contribution in [2.45, 2.75) is 30.6 Å². The molecule has 29 heavy (non-hydrogen) atoms. The second-order valence-corrected chi connectivity index (χ2v) is 8.90. The molecule has 3 rings (SSSR count). The number of guanidine groups is 1. The first kappa shape index (κ1) is 22.0. The molecule has 0 atom stereocenters. The van der Waals surface area contributed by atoms with Crippen molar-refractivity contribution in [3.63, 3.8) is 0 Å². The van der Waals surface area contributed by atoms with Gasteiger partial charge in [0.25, 0.3) is 0 Å². The monoisotopic (exact) mass is 417 g/mol. The normalized spacial score (nSPS) is 18.8. The van der Waals surface area contributed by atoms with Crippen LogP contribution in [-0.2, 0) is 4.79 Å². The van der Waals surface area contributed by atoms with Crippen LogP contribution in [0.1, 0.15) is 25.7 Å². The molecule has 1 aliphatic heterocycles. The van der Waals surface area contributed by atoms with Crippen LogP contribution in [0.5, 0.6) is 0 Å². The van der Waals surface area contributed by atoms with Crippen LogP contribution < -0.4 is 10.6 Å². The summed E-state index contributed by atoms with van der Waals surface area (Å²) in [5.41, 5.74) is 0. The van der Waals surface area contributed by atoms with Crippen LogP contribution >= 0.6 is 11.8 Å². The Morgan fingerprint density at radius 3 is 2.45 bits per heavy atom. The molecule has 1 saturated carbocycles. The van der Waals surface area contributed by atoms with E-state index >= 15 is 0 Å². The SMILES string of the molecule is CN=C(NCCSc1ccccc1)NCCN1CCN(C(=O)C2CCCC2)CC1. The van der Waals surface area contributed by atoms with Crippen molar-refractivity contribution < 1.29 is 4.79 Å². The van der Waals surface area contributed by atoms with E-state index in [9.17, 15) is 4.79 Å². The van der Waals surface area contributed by atoms with Crippen LogP contribution in [0.25, 0.3) is 0 Å². The Morgan fingerprint density at radius 2 is 1.76 bits per heavy atom. The summed E-state index contributed by atoms with van der Waals surface area (Å²) in [6, 6.07) is 10.5. The van der Waals surface area contributed by atoms with Gasteiger partial charge < -0.3 is 15.5 Å². The predicted molar refractivity (Wildman–Crippen MR) is 122 cm³/mol. The lowest BCUT2D eigenvalue weighted by Crippen LogP contribution is -2.52. The van der Waals surface area contributed by atoms with Crippen molar-refractivity contribution in [2.24, 2.45) is 10.9 Å². The molecule has 1 aliphatic carbocycles. The predicted octanol–water partition coefficient (Wildman–Crippen LogP) is 2.28. The molecule has 7 heteroatoms. The highest BCUT2D eigenvalue weighted by Crippen LogP contribution is 2.26. The molecule has 1 aromatic rings. The number of thioether (sulfide) groups is 1. The molecule has 0 spiro atoms. The smallest absolute Gasteiger partial charge is 0.225 e. The van der Waals surface area contributed by atoms with Gasteiger partial charge in [0.05, 0.1) is 0 Å². The molecular formula is C22H35N5OS. The van der Waals surface area contributed by atoms with Crippen molar-refractivity contribution in [3.8, 4) is 0 Å². The Balaban J connectivity index is 1.26. The van der Waals surface area contributed by atoms with Crippen LogP contribution in [0.4, 0.5) is 0 Å². The largest absolute Gasteiger partial charge is 0.356 e. The van der Waals surface area contributed by atoms with Gasteiger partial charge >= 0.3 is 0 Å². The van der Waals surface area contributed by atoms with Crippen LogP contribution in [0.2, 0.25) is 0 Å². The van der Waals surface area contributed by atoms with Crippen LogP contribution in [0.3, 0.4) is 0 Å². The number of hydrogen-bond acceptors (Lipinski definition) is 4. The van der Waals surface area contributed by atoms with E-state index in [1.807, 2.05) is 24.9 Å². The number of carbonyl (C=O) groups is 1. The first-order chi connectivity index (χ1) is 14.3. The minimum atomic E-state index is 0.303. The third-order valence-electron chi connectivity index (χ3n) is 5.74. The van der Waals surface area contributed by atoms with Crippen LogP contribution in [0, 0.1) is 5.92 Å². The van der Waals surface area contributed by atoms with Gasteiger partial charge in [-0.15, -0.1) is 11.8 Å². The zero-order chi connectivity index (χ0) is 20.3. The van der Waals surface area contributed by atoms with Crippen molar-refractivity contribution >= 4 is 23.6 Å². The highest BCUT2D eigenvalue weighted by molar-refractivity contribution is 7.99. The van der Waals surface area contributed by atoms with E-state index in [0.29, 0.717) is 11.8 Å². The first-order valence-corrected chi connectivity index (χ1v) is 11.9. The quantitative estimate of drug-likeness (QED) is 0.294. The molecule has 0 bridgehead atoms. The topological polar surface area (TPSA) is 60.0 Å². The van der Waals surface area contributed by atoms with Gasteiger partial charge in [-0.05, 0) is 25.0 Å². The van der Waals surface area contributed by atoms with Crippen molar-refractivity contribution in [3.05, 3.63) is 30.3 Å². The van der Waals surface area contributed by atoms with Gasteiger partial charge in [0.15, 0.2) is 5.96 Å². The molecule has 0 unspecified atom stereocenters. The molecule has 2 fully saturated rings. The highest BCUT2D eigenvalue weighted by atomic mass is 32.2. The molecule has 0 aromatic heterocycles. The molecule has 1 aromatic carbocycles. The molecule has 1 saturated heterocycles. The number of nitrogens with zero attached hydrogens (tertiary/aromatic N) is 3. The summed E-state index contributed by atoms with van der Waals surface area (Å²) in [5.74, 6) is 2.56. The van der Waals surface area contributed by atoms with Gasteiger partial charge in [0, 0.05) is 69.4 Å². The summed E-state index contributed by atoms with van der Waals surface area (Å²) in [7, 11) is 1.81. The zero-order valence-electron chi connectivity index (χ0n) is 17.6. The van der Waals surface area contributed by atoms with Gasteiger partial charge in [0.1, 0.15) is 0 Å². The summed E-state index contributed by atoms with van der Waals surface area (Å²) in [6.45, 7) is 6.41. The van der Waals surface area contributed by atoms with E-state index in [-0.39, 0.29) is 0 Å². The van der Waals surface area contributed by atoms with Gasteiger partial charge in [-0.2, -0.15) is 0 Å². The second kappa shape index (κ2) is 12.1. The van der Waals surface area contributed by atoms with E-state index in [1.165, 1.54) is 17.7 Å². The maximum absolute atomic E-state index is 12.5. The molecule has 6 nitrogen and oxygen atoms in total. The van der Waals surface area contributed by atoms with E-state index < -0.39 is 0 Å². The average Bonchev–Trinajstić information content (AvgIpc) is 3.31. The lowest BCUT2D eigenvalue weighted by atomic mass is 10.1. The average molecular weight is 418 g/mol. The minimum Gasteiger partial charge on any atom is -0.356 e. The molecule has 0 radical (unpaired) electrons. The Morgan fingerprint density at radius 1 is 1.07 bits per heavy atom. The van der Waals surface area contributed by atoms with E-state index in [2.05, 4.69) is 49.7 Å². The maximum atomic E-state index is 12.5. The number of carbonyl (C=O) groups excluding carboxylic acids is 1. The Kier molecular flexibility index (Phi) is 9.15. The third-order valence-corrected chi connectivity index (χ3v) is 6.75. The number of hydrogen-bond donors (Lipinski definition) is 2. The standard InChI is InChI=1S/C22H35N5OS/c1-23-22(25-12-18-29-20-9-3-2-4-10-20)24-11-13-26-14-16-27(17-15-26)21(28)19-7-5-6-8-19/h2-4,9-10,19H,5-8,11-18H2,1H3,(H2,23,24,25). The highest BCUT2D eigenvalue weighted by Gasteiger charge is 2.29. The molecular weight excluding hydrogens is 382 g/mol. The fourth-order valence-electron chi connectivity index (χ4n) is 4.03. The lowest BCUT2D eigenvalue weighted by Gasteiger charge is -2.36. The van der Waals surface area contributed by atoms with Gasteiger partial charge in [-0.1, -0.05) is 31.0 Å². The Hall–Kier alpha value is -1.73. The number of rotatable bonds is 8. The summed E-state index contributed by atoms with van der Waals surface area (Å²) >= 11 is 1.85. The Labute approximate surface area is 179 Å². The van der Waals surface area contributed by atoms with Crippen molar-refractivity contribution in [1.82, 2.24) is 20.4 Å². The number of benzene rings is 1. The van der Waals surface area contributed by atoms with Gasteiger partial charge in [-0.25, -0.2) is 0 Å². The molecule has 2 aliphatic rings. The summed E-state index contributed by atoms with van der Waals surface area (Å²) in [6.07, 6.45) is 4.64. The van der Waals surface area contributed by atoms with Crippen LogP contribution in [-0.4, -0.2) is 80.3 Å². The fraction of sp³-hybridized carbons (Fsp3) is 0.636. The first-order valence-electron chi connectivity index (χ1n) is 10.9. The molecule has 1 amide bonds. The molecule has 1 heterocycles. The molecule has 2 N–H and O–H groups in total. The fourth-order valence-corrected chi connectivity index (χ4v) is 4.82. The van der Waals surface area contributed by atoms with E-state index in [0.717, 1.165) is 70.4 Å². The van der Waals surface area contributed by atoms with Crippen molar-refractivity contribution in [1.29, 1.82) is 0 Å². The minimum absolute atomic E-state index is 0.303.